The number of rotatable bonds is 1. The van der Waals surface area contributed by atoms with Crippen LogP contribution < -0.4 is 5.73 Å². The molecule has 4 nitrogen and oxygen atoms in total. The van der Waals surface area contributed by atoms with Crippen molar-refractivity contribution in [2.45, 2.75) is 50.8 Å². The first kappa shape index (κ1) is 10.9. The number of hydrogen-bond donors (Lipinski definition) is 1. The summed E-state index contributed by atoms with van der Waals surface area (Å²) in [4.78, 5) is 13.7. The average Bonchev–Trinajstić information content (AvgIpc) is 2.43. The Bertz CT molecular complexity index is 265. The third-order valence-electron chi connectivity index (χ3n) is 3.30. The zero-order valence-corrected chi connectivity index (χ0v) is 9.53. The largest absolute Gasteiger partial charge is 0.375 e. The molecule has 2 atom stereocenters. The first-order chi connectivity index (χ1) is 6.98. The van der Waals surface area contributed by atoms with E-state index in [1.807, 2.05) is 4.90 Å². The molecule has 0 radical (unpaired) electrons. The predicted molar refractivity (Wildman–Crippen MR) is 57.4 cm³/mol. The molecule has 0 aliphatic carbocycles. The van der Waals surface area contributed by atoms with Gasteiger partial charge in [0.15, 0.2) is 0 Å². The molecule has 0 aromatic carbocycles. The number of nitrogens with zero attached hydrogens (tertiary/aromatic N) is 1. The summed E-state index contributed by atoms with van der Waals surface area (Å²) in [6.45, 7) is 5.63. The number of amides is 1. The summed E-state index contributed by atoms with van der Waals surface area (Å²) in [6.07, 6.45) is 2.38. The molecular formula is C11H20N2O2. The quantitative estimate of drug-likeness (QED) is 0.688. The Hall–Kier alpha value is -0.610. The van der Waals surface area contributed by atoms with Crippen LogP contribution in [0.5, 0.6) is 0 Å². The van der Waals surface area contributed by atoms with E-state index < -0.39 is 0 Å². The van der Waals surface area contributed by atoms with Gasteiger partial charge in [-0.15, -0.1) is 0 Å². The van der Waals surface area contributed by atoms with Crippen molar-refractivity contribution in [3.63, 3.8) is 0 Å². The molecule has 0 aromatic rings. The molecule has 2 saturated heterocycles. The third kappa shape index (κ3) is 2.32. The molecule has 2 aliphatic heterocycles. The van der Waals surface area contributed by atoms with Gasteiger partial charge in [-0.05, 0) is 26.7 Å². The fourth-order valence-corrected chi connectivity index (χ4v) is 2.58. The first-order valence-corrected chi connectivity index (χ1v) is 5.67. The molecule has 0 aromatic heterocycles. The zero-order valence-electron chi connectivity index (χ0n) is 9.53. The highest BCUT2D eigenvalue weighted by Crippen LogP contribution is 2.29. The fourth-order valence-electron chi connectivity index (χ4n) is 2.58. The summed E-state index contributed by atoms with van der Waals surface area (Å²) < 4.78 is 5.65. The number of hydrogen-bond acceptors (Lipinski definition) is 3. The van der Waals surface area contributed by atoms with Crippen LogP contribution in [0.4, 0.5) is 0 Å². The van der Waals surface area contributed by atoms with Crippen molar-refractivity contribution in [1.29, 1.82) is 0 Å². The van der Waals surface area contributed by atoms with Gasteiger partial charge < -0.3 is 15.4 Å². The average molecular weight is 212 g/mol. The Morgan fingerprint density at radius 2 is 2.27 bits per heavy atom. The number of carbonyl (C=O) groups excluding carboxylic acids is 1. The standard InChI is InChI=1S/C11H20N2O2/c1-11(2)6-9(3-4-15-11)13-7-8(12)5-10(13)14/h8-9H,3-7,12H2,1-2H3. The summed E-state index contributed by atoms with van der Waals surface area (Å²) in [5, 5.41) is 0. The van der Waals surface area contributed by atoms with E-state index in [-0.39, 0.29) is 17.6 Å². The highest BCUT2D eigenvalue weighted by Gasteiger charge is 2.38. The van der Waals surface area contributed by atoms with Crippen molar-refractivity contribution in [3.8, 4) is 0 Å². The molecule has 2 unspecified atom stereocenters. The lowest BCUT2D eigenvalue weighted by Gasteiger charge is -2.39. The Morgan fingerprint density at radius 3 is 2.80 bits per heavy atom. The second-order valence-electron chi connectivity index (χ2n) is 5.27. The molecule has 0 spiro atoms. The lowest BCUT2D eigenvalue weighted by Crippen LogP contribution is -2.47. The maximum absolute atomic E-state index is 11.7. The molecule has 2 N–H and O–H groups in total. The summed E-state index contributed by atoms with van der Waals surface area (Å²) >= 11 is 0. The molecule has 86 valence electrons. The molecule has 2 heterocycles. The molecule has 0 saturated carbocycles. The van der Waals surface area contributed by atoms with E-state index in [2.05, 4.69) is 13.8 Å². The summed E-state index contributed by atoms with van der Waals surface area (Å²) in [5.74, 6) is 0.213. The maximum atomic E-state index is 11.7. The second kappa shape index (κ2) is 3.76. The van der Waals surface area contributed by atoms with Crippen LogP contribution in [0.15, 0.2) is 0 Å². The molecule has 15 heavy (non-hydrogen) atoms. The summed E-state index contributed by atoms with van der Waals surface area (Å²) in [7, 11) is 0. The topological polar surface area (TPSA) is 55.6 Å². The van der Waals surface area contributed by atoms with E-state index in [1.165, 1.54) is 0 Å². The van der Waals surface area contributed by atoms with Gasteiger partial charge >= 0.3 is 0 Å². The molecule has 2 rings (SSSR count). The van der Waals surface area contributed by atoms with Gasteiger partial charge in [-0.1, -0.05) is 0 Å². The van der Waals surface area contributed by atoms with Crippen LogP contribution in [0.2, 0.25) is 0 Å². The van der Waals surface area contributed by atoms with E-state index in [1.54, 1.807) is 0 Å². The van der Waals surface area contributed by atoms with E-state index in [0.29, 0.717) is 12.5 Å². The van der Waals surface area contributed by atoms with Crippen LogP contribution in [0.25, 0.3) is 0 Å². The van der Waals surface area contributed by atoms with Gasteiger partial charge in [-0.25, -0.2) is 0 Å². The third-order valence-corrected chi connectivity index (χ3v) is 3.30. The maximum Gasteiger partial charge on any atom is 0.224 e. The first-order valence-electron chi connectivity index (χ1n) is 5.67. The van der Waals surface area contributed by atoms with Crippen LogP contribution >= 0.6 is 0 Å². The van der Waals surface area contributed by atoms with Gasteiger partial charge in [0.25, 0.3) is 0 Å². The smallest absolute Gasteiger partial charge is 0.224 e. The number of likely N-dealkylation sites (tertiary alicyclic amines) is 1. The lowest BCUT2D eigenvalue weighted by molar-refractivity contribution is -0.135. The van der Waals surface area contributed by atoms with Crippen molar-refractivity contribution in [2.24, 2.45) is 5.73 Å². The van der Waals surface area contributed by atoms with Crippen LogP contribution in [-0.4, -0.2) is 41.6 Å². The van der Waals surface area contributed by atoms with Gasteiger partial charge in [0.05, 0.1) is 5.60 Å². The number of carbonyl (C=O) groups is 1. The van der Waals surface area contributed by atoms with Gasteiger partial charge in [0.1, 0.15) is 0 Å². The minimum Gasteiger partial charge on any atom is -0.375 e. The van der Waals surface area contributed by atoms with E-state index >= 15 is 0 Å². The van der Waals surface area contributed by atoms with Crippen molar-refractivity contribution in [3.05, 3.63) is 0 Å². The normalized spacial score (nSPS) is 35.9. The monoisotopic (exact) mass is 212 g/mol. The van der Waals surface area contributed by atoms with Gasteiger partial charge in [-0.2, -0.15) is 0 Å². The fraction of sp³-hybridized carbons (Fsp3) is 0.909. The van der Waals surface area contributed by atoms with Crippen molar-refractivity contribution < 1.29 is 9.53 Å². The Kier molecular flexibility index (Phi) is 2.73. The van der Waals surface area contributed by atoms with E-state index in [4.69, 9.17) is 10.5 Å². The van der Waals surface area contributed by atoms with Gasteiger partial charge in [0, 0.05) is 31.7 Å². The molecule has 2 fully saturated rings. The molecule has 4 heteroatoms. The van der Waals surface area contributed by atoms with Crippen molar-refractivity contribution >= 4 is 5.91 Å². The summed E-state index contributed by atoms with van der Waals surface area (Å²) in [5.41, 5.74) is 5.69. The van der Waals surface area contributed by atoms with Gasteiger partial charge in [-0.3, -0.25) is 4.79 Å². The highest BCUT2D eigenvalue weighted by molar-refractivity contribution is 5.79. The molecular weight excluding hydrogens is 192 g/mol. The Labute approximate surface area is 90.8 Å². The molecule has 2 aliphatic rings. The minimum absolute atomic E-state index is 0.0310. The number of ether oxygens (including phenoxy) is 1. The van der Waals surface area contributed by atoms with E-state index in [9.17, 15) is 4.79 Å². The minimum atomic E-state index is -0.101. The van der Waals surface area contributed by atoms with Crippen LogP contribution in [0, 0.1) is 0 Å². The predicted octanol–water partition coefficient (Wildman–Crippen LogP) is 0.504. The van der Waals surface area contributed by atoms with Crippen molar-refractivity contribution in [2.75, 3.05) is 13.2 Å². The Morgan fingerprint density at radius 1 is 1.53 bits per heavy atom. The van der Waals surface area contributed by atoms with Crippen molar-refractivity contribution in [1.82, 2.24) is 4.90 Å². The SMILES string of the molecule is CC1(C)CC(N2CC(N)CC2=O)CCO1. The van der Waals surface area contributed by atoms with Crippen LogP contribution in [-0.2, 0) is 9.53 Å². The summed E-state index contributed by atoms with van der Waals surface area (Å²) in [6, 6.07) is 0.359. The second-order valence-corrected chi connectivity index (χ2v) is 5.27. The lowest BCUT2D eigenvalue weighted by atomic mass is 9.93. The van der Waals surface area contributed by atoms with Gasteiger partial charge in [0.2, 0.25) is 5.91 Å². The Balaban J connectivity index is 2.01. The van der Waals surface area contributed by atoms with Crippen LogP contribution in [0.1, 0.15) is 33.1 Å². The van der Waals surface area contributed by atoms with Crippen LogP contribution in [0.3, 0.4) is 0 Å². The molecule has 1 amide bonds. The number of nitrogens with two attached hydrogens (primary N) is 1. The zero-order chi connectivity index (χ0) is 11.1. The highest BCUT2D eigenvalue weighted by atomic mass is 16.5. The van der Waals surface area contributed by atoms with E-state index in [0.717, 1.165) is 26.0 Å². The molecule has 0 bridgehead atoms.